The summed E-state index contributed by atoms with van der Waals surface area (Å²) in [5.41, 5.74) is 2.02. The number of hydrogen-bond acceptors (Lipinski definition) is 4. The first kappa shape index (κ1) is 22.6. The van der Waals surface area contributed by atoms with E-state index in [0.717, 1.165) is 11.1 Å². The van der Waals surface area contributed by atoms with E-state index in [-0.39, 0.29) is 36.0 Å². The highest BCUT2D eigenvalue weighted by atomic mass is 35.5. The minimum atomic E-state index is -3.07. The molecule has 0 aromatic heterocycles. The van der Waals surface area contributed by atoms with E-state index in [1.54, 1.807) is 17.0 Å². The normalized spacial score (nSPS) is 17.8. The van der Waals surface area contributed by atoms with E-state index < -0.39 is 9.84 Å². The molecule has 1 aliphatic heterocycles. The summed E-state index contributed by atoms with van der Waals surface area (Å²) in [6.45, 7) is 4.41. The minimum Gasteiger partial charge on any atom is -0.483 e. The number of rotatable bonds is 8. The molecule has 0 N–H and O–H groups in total. The molecule has 162 valence electrons. The van der Waals surface area contributed by atoms with Gasteiger partial charge in [-0.05, 0) is 41.7 Å². The summed E-state index contributed by atoms with van der Waals surface area (Å²) in [6, 6.07) is 15.1. The number of carbonyl (C=O) groups excluding carboxylic acids is 1. The molecule has 0 aliphatic carbocycles. The number of nitrogens with zero attached hydrogens (tertiary/aromatic N) is 1. The van der Waals surface area contributed by atoms with Crippen LogP contribution in [0.25, 0.3) is 0 Å². The Labute approximate surface area is 183 Å². The average molecular weight is 450 g/mol. The Balaban J connectivity index is 1.72. The fraction of sp³-hybridized carbons (Fsp3) is 0.435. The molecule has 0 spiro atoms. The van der Waals surface area contributed by atoms with Crippen LogP contribution in [0.2, 0.25) is 5.02 Å². The number of carbonyl (C=O) groups is 1. The lowest BCUT2D eigenvalue weighted by molar-refractivity contribution is -0.135. The van der Waals surface area contributed by atoms with Crippen LogP contribution in [0.4, 0.5) is 0 Å². The highest BCUT2D eigenvalue weighted by Gasteiger charge is 2.35. The molecule has 2 aromatic carbocycles. The number of sulfone groups is 1. The zero-order valence-electron chi connectivity index (χ0n) is 17.4. The summed E-state index contributed by atoms with van der Waals surface area (Å²) in [5.74, 6) is 0.831. The molecule has 0 saturated carbocycles. The van der Waals surface area contributed by atoms with Crippen LogP contribution in [-0.4, -0.2) is 49.9 Å². The van der Waals surface area contributed by atoms with Gasteiger partial charge in [0.25, 0.3) is 5.91 Å². The molecule has 7 heteroatoms. The van der Waals surface area contributed by atoms with Gasteiger partial charge in [0.05, 0.1) is 11.5 Å². The Morgan fingerprint density at radius 1 is 1.20 bits per heavy atom. The first-order chi connectivity index (χ1) is 14.2. The highest BCUT2D eigenvalue weighted by molar-refractivity contribution is 7.91. The van der Waals surface area contributed by atoms with Crippen molar-refractivity contribution in [1.82, 2.24) is 4.90 Å². The third-order valence-electron chi connectivity index (χ3n) is 5.14. The van der Waals surface area contributed by atoms with Crippen molar-refractivity contribution in [2.45, 2.75) is 32.7 Å². The minimum absolute atomic E-state index is 0.0334. The number of benzene rings is 2. The quantitative estimate of drug-likeness (QED) is 0.611. The Hall–Kier alpha value is -2.05. The molecule has 0 bridgehead atoms. The summed E-state index contributed by atoms with van der Waals surface area (Å²) < 4.78 is 29.7. The van der Waals surface area contributed by atoms with Gasteiger partial charge < -0.3 is 9.64 Å². The maximum absolute atomic E-state index is 13.0. The van der Waals surface area contributed by atoms with Crippen LogP contribution in [0.5, 0.6) is 5.75 Å². The fourth-order valence-corrected chi connectivity index (χ4v) is 5.66. The van der Waals surface area contributed by atoms with Crippen LogP contribution in [-0.2, 0) is 21.1 Å². The van der Waals surface area contributed by atoms with E-state index >= 15 is 0 Å². The topological polar surface area (TPSA) is 63.7 Å². The van der Waals surface area contributed by atoms with E-state index in [9.17, 15) is 13.2 Å². The van der Waals surface area contributed by atoms with Gasteiger partial charge in [0, 0.05) is 24.0 Å². The van der Waals surface area contributed by atoms with Crippen molar-refractivity contribution in [2.75, 3.05) is 24.7 Å². The molecule has 1 saturated heterocycles. The van der Waals surface area contributed by atoms with Crippen LogP contribution >= 0.6 is 11.6 Å². The SMILES string of the molecule is CC(C)CN(C(=O)COc1ccc(Cl)cc1Cc1ccccc1)C1CCS(=O)(=O)C1. The predicted molar refractivity (Wildman–Crippen MR) is 120 cm³/mol. The second-order valence-corrected chi connectivity index (χ2v) is 10.9. The molecule has 1 aliphatic rings. The molecule has 30 heavy (non-hydrogen) atoms. The van der Waals surface area contributed by atoms with Gasteiger partial charge >= 0.3 is 0 Å². The summed E-state index contributed by atoms with van der Waals surface area (Å²) in [4.78, 5) is 14.6. The summed E-state index contributed by atoms with van der Waals surface area (Å²) in [5, 5.41) is 0.609. The Morgan fingerprint density at radius 3 is 2.57 bits per heavy atom. The highest BCUT2D eigenvalue weighted by Crippen LogP contribution is 2.26. The van der Waals surface area contributed by atoms with Crippen molar-refractivity contribution in [3.63, 3.8) is 0 Å². The Morgan fingerprint density at radius 2 is 1.93 bits per heavy atom. The predicted octanol–water partition coefficient (Wildman–Crippen LogP) is 3.98. The second-order valence-electron chi connectivity index (χ2n) is 8.20. The van der Waals surface area contributed by atoms with Gasteiger partial charge in [0.1, 0.15) is 5.75 Å². The van der Waals surface area contributed by atoms with Gasteiger partial charge in [0.2, 0.25) is 0 Å². The zero-order chi connectivity index (χ0) is 21.7. The van der Waals surface area contributed by atoms with Crippen LogP contribution in [0.15, 0.2) is 48.5 Å². The number of amides is 1. The standard InChI is InChI=1S/C23H28ClNO4S/c1-17(2)14-25(21-10-11-30(27,28)16-21)23(26)15-29-22-9-8-20(24)13-19(22)12-18-6-4-3-5-7-18/h3-9,13,17,21H,10-12,14-16H2,1-2H3. The maximum Gasteiger partial charge on any atom is 0.260 e. The molecule has 5 nitrogen and oxygen atoms in total. The third kappa shape index (κ3) is 6.22. The first-order valence-electron chi connectivity index (χ1n) is 10.2. The third-order valence-corrected chi connectivity index (χ3v) is 7.13. The van der Waals surface area contributed by atoms with E-state index in [1.165, 1.54) is 0 Å². The zero-order valence-corrected chi connectivity index (χ0v) is 19.0. The van der Waals surface area contributed by atoms with E-state index in [0.29, 0.717) is 30.2 Å². The van der Waals surface area contributed by atoms with Crippen molar-refractivity contribution in [3.05, 3.63) is 64.7 Å². The number of hydrogen-bond donors (Lipinski definition) is 0. The Kier molecular flexibility index (Phi) is 7.42. The van der Waals surface area contributed by atoms with Crippen molar-refractivity contribution >= 4 is 27.3 Å². The maximum atomic E-state index is 13.0. The van der Waals surface area contributed by atoms with Crippen LogP contribution in [0.3, 0.4) is 0 Å². The van der Waals surface area contributed by atoms with Crippen LogP contribution < -0.4 is 4.74 Å². The molecule has 1 atom stereocenters. The van der Waals surface area contributed by atoms with Crippen molar-refractivity contribution in [2.24, 2.45) is 5.92 Å². The monoisotopic (exact) mass is 449 g/mol. The molecular formula is C23H28ClNO4S. The van der Waals surface area contributed by atoms with Crippen LogP contribution in [0, 0.1) is 5.92 Å². The van der Waals surface area contributed by atoms with Crippen molar-refractivity contribution in [1.29, 1.82) is 0 Å². The van der Waals surface area contributed by atoms with Gasteiger partial charge in [-0.15, -0.1) is 0 Å². The molecule has 2 aromatic rings. The van der Waals surface area contributed by atoms with Crippen molar-refractivity contribution < 1.29 is 17.9 Å². The molecular weight excluding hydrogens is 422 g/mol. The number of halogens is 1. The molecule has 1 unspecified atom stereocenters. The van der Waals surface area contributed by atoms with Gasteiger partial charge in [-0.25, -0.2) is 8.42 Å². The largest absolute Gasteiger partial charge is 0.483 e. The molecule has 3 rings (SSSR count). The average Bonchev–Trinajstić information content (AvgIpc) is 3.05. The van der Waals surface area contributed by atoms with Gasteiger partial charge in [-0.2, -0.15) is 0 Å². The van der Waals surface area contributed by atoms with Gasteiger partial charge in [-0.3, -0.25) is 4.79 Å². The molecule has 1 heterocycles. The molecule has 1 fully saturated rings. The van der Waals surface area contributed by atoms with Crippen LogP contribution in [0.1, 0.15) is 31.4 Å². The van der Waals surface area contributed by atoms with Crippen molar-refractivity contribution in [3.8, 4) is 5.75 Å². The van der Waals surface area contributed by atoms with E-state index in [2.05, 4.69) is 0 Å². The fourth-order valence-electron chi connectivity index (χ4n) is 3.73. The smallest absolute Gasteiger partial charge is 0.260 e. The van der Waals surface area contributed by atoms with E-state index in [4.69, 9.17) is 16.3 Å². The summed E-state index contributed by atoms with van der Waals surface area (Å²) in [7, 11) is -3.07. The summed E-state index contributed by atoms with van der Waals surface area (Å²) in [6.07, 6.45) is 1.13. The van der Waals surface area contributed by atoms with Gasteiger partial charge in [-0.1, -0.05) is 55.8 Å². The first-order valence-corrected chi connectivity index (χ1v) is 12.4. The molecule has 0 radical (unpaired) electrons. The lowest BCUT2D eigenvalue weighted by Crippen LogP contribution is -2.45. The second kappa shape index (κ2) is 9.84. The lowest BCUT2D eigenvalue weighted by Gasteiger charge is -2.30. The summed E-state index contributed by atoms with van der Waals surface area (Å²) >= 11 is 6.18. The number of ether oxygens (including phenoxy) is 1. The lowest BCUT2D eigenvalue weighted by atomic mass is 10.0. The Bertz CT molecular complexity index is 976. The van der Waals surface area contributed by atoms with Gasteiger partial charge in [0.15, 0.2) is 16.4 Å². The molecule has 1 amide bonds. The van der Waals surface area contributed by atoms with E-state index in [1.807, 2.05) is 50.2 Å².